The second-order valence-electron chi connectivity index (χ2n) is 4.36. The average molecular weight is 315 g/mol. The van der Waals surface area contributed by atoms with E-state index >= 15 is 0 Å². The highest BCUT2D eigenvalue weighted by Gasteiger charge is 2.13. The molecule has 0 saturated carbocycles. The smallest absolute Gasteiger partial charge is 0.273 e. The fourth-order valence-electron chi connectivity index (χ4n) is 1.78. The van der Waals surface area contributed by atoms with Gasteiger partial charge in [0.1, 0.15) is 0 Å². The van der Waals surface area contributed by atoms with E-state index in [1.54, 1.807) is 13.0 Å². The van der Waals surface area contributed by atoms with Gasteiger partial charge in [-0.15, -0.1) is 0 Å². The second-order valence-corrected chi connectivity index (χ2v) is 5.22. The molecule has 1 aromatic rings. The highest BCUT2D eigenvalue weighted by molar-refractivity contribution is 9.10. The fraction of sp³-hybridized carbons (Fsp3) is 0.538. The van der Waals surface area contributed by atoms with Crippen molar-refractivity contribution in [2.75, 3.05) is 11.9 Å². The Bertz CT molecular complexity index is 422. The molecule has 1 aromatic carbocycles. The van der Waals surface area contributed by atoms with Gasteiger partial charge in [0, 0.05) is 28.3 Å². The van der Waals surface area contributed by atoms with Crippen molar-refractivity contribution in [2.24, 2.45) is 0 Å². The summed E-state index contributed by atoms with van der Waals surface area (Å²) in [5.41, 5.74) is 1.76. The minimum atomic E-state index is -0.356. The van der Waals surface area contributed by atoms with E-state index in [2.05, 4.69) is 28.2 Å². The van der Waals surface area contributed by atoms with E-state index in [0.29, 0.717) is 5.56 Å². The lowest BCUT2D eigenvalue weighted by Crippen LogP contribution is -2.03. The molecule has 0 bridgehead atoms. The normalized spacial score (nSPS) is 10.4. The predicted molar refractivity (Wildman–Crippen MR) is 78.2 cm³/mol. The van der Waals surface area contributed by atoms with Gasteiger partial charge >= 0.3 is 0 Å². The zero-order valence-corrected chi connectivity index (χ0v) is 12.4. The lowest BCUT2D eigenvalue weighted by molar-refractivity contribution is -0.385. The fourth-order valence-corrected chi connectivity index (χ4v) is 2.25. The van der Waals surface area contributed by atoms with Gasteiger partial charge in [0.05, 0.1) is 4.92 Å². The van der Waals surface area contributed by atoms with Crippen LogP contribution in [0.25, 0.3) is 0 Å². The molecule has 100 valence electrons. The molecule has 0 aliphatic carbocycles. The van der Waals surface area contributed by atoms with Crippen molar-refractivity contribution in [1.29, 1.82) is 0 Å². The van der Waals surface area contributed by atoms with Gasteiger partial charge in [0.25, 0.3) is 5.69 Å². The molecule has 0 radical (unpaired) electrons. The van der Waals surface area contributed by atoms with Crippen molar-refractivity contribution in [3.63, 3.8) is 0 Å². The second kappa shape index (κ2) is 7.36. The molecule has 0 fully saturated rings. The molecule has 0 atom stereocenters. The predicted octanol–water partition coefficient (Wildman–Crippen LogP) is 4.66. The molecule has 5 heteroatoms. The number of rotatable bonds is 7. The molecular weight excluding hydrogens is 296 g/mol. The van der Waals surface area contributed by atoms with Crippen LogP contribution < -0.4 is 5.32 Å². The number of hydrogen-bond donors (Lipinski definition) is 1. The monoisotopic (exact) mass is 314 g/mol. The molecule has 1 rings (SSSR count). The van der Waals surface area contributed by atoms with Gasteiger partial charge in [-0.05, 0) is 35.3 Å². The molecule has 0 amide bonds. The van der Waals surface area contributed by atoms with Crippen molar-refractivity contribution in [2.45, 2.75) is 39.5 Å². The molecule has 0 aromatic heterocycles. The van der Waals surface area contributed by atoms with Gasteiger partial charge < -0.3 is 5.32 Å². The van der Waals surface area contributed by atoms with Crippen LogP contribution in [0.5, 0.6) is 0 Å². The first-order valence-corrected chi connectivity index (χ1v) is 7.04. The van der Waals surface area contributed by atoms with Crippen LogP contribution in [0.4, 0.5) is 11.4 Å². The third-order valence-electron chi connectivity index (χ3n) is 2.83. The quantitative estimate of drug-likeness (QED) is 0.452. The first kappa shape index (κ1) is 15.0. The van der Waals surface area contributed by atoms with E-state index in [1.165, 1.54) is 19.3 Å². The molecule has 0 spiro atoms. The van der Waals surface area contributed by atoms with Gasteiger partial charge in [-0.1, -0.05) is 26.2 Å². The van der Waals surface area contributed by atoms with Crippen LogP contribution >= 0.6 is 15.9 Å². The SMILES string of the molecule is CCCCCCNc1cc(C)c([N+](=O)[O-])cc1Br. The van der Waals surface area contributed by atoms with E-state index in [0.717, 1.165) is 23.1 Å². The maximum Gasteiger partial charge on any atom is 0.273 e. The Hall–Kier alpha value is -1.10. The summed E-state index contributed by atoms with van der Waals surface area (Å²) in [7, 11) is 0. The number of nitrogens with zero attached hydrogens (tertiary/aromatic N) is 1. The molecular formula is C13H19BrN2O2. The molecule has 1 N–H and O–H groups in total. The summed E-state index contributed by atoms with van der Waals surface area (Å²) in [5, 5.41) is 14.1. The molecule has 0 aliphatic rings. The summed E-state index contributed by atoms with van der Waals surface area (Å²) in [5.74, 6) is 0. The summed E-state index contributed by atoms with van der Waals surface area (Å²) in [4.78, 5) is 10.4. The van der Waals surface area contributed by atoms with Crippen LogP contribution in [0.15, 0.2) is 16.6 Å². The van der Waals surface area contributed by atoms with Crippen LogP contribution in [0.2, 0.25) is 0 Å². The maximum atomic E-state index is 10.8. The largest absolute Gasteiger partial charge is 0.384 e. The van der Waals surface area contributed by atoms with Gasteiger partial charge in [-0.3, -0.25) is 10.1 Å². The van der Waals surface area contributed by atoms with E-state index in [9.17, 15) is 10.1 Å². The first-order valence-electron chi connectivity index (χ1n) is 6.24. The van der Waals surface area contributed by atoms with Crippen molar-refractivity contribution in [3.8, 4) is 0 Å². The number of aryl methyl sites for hydroxylation is 1. The summed E-state index contributed by atoms with van der Waals surface area (Å²) >= 11 is 3.37. The highest BCUT2D eigenvalue weighted by atomic mass is 79.9. The summed E-state index contributed by atoms with van der Waals surface area (Å²) in [6.45, 7) is 4.84. The molecule has 0 heterocycles. The van der Waals surface area contributed by atoms with Crippen molar-refractivity contribution in [3.05, 3.63) is 32.3 Å². The number of hydrogen-bond acceptors (Lipinski definition) is 3. The Kier molecular flexibility index (Phi) is 6.12. The van der Waals surface area contributed by atoms with Crippen molar-refractivity contribution < 1.29 is 4.92 Å². The number of unbranched alkanes of at least 4 members (excludes halogenated alkanes) is 3. The van der Waals surface area contributed by atoms with E-state index < -0.39 is 0 Å². The molecule has 0 saturated heterocycles. The van der Waals surface area contributed by atoms with Gasteiger partial charge in [-0.25, -0.2) is 0 Å². The lowest BCUT2D eigenvalue weighted by atomic mass is 10.1. The molecule has 4 nitrogen and oxygen atoms in total. The number of benzene rings is 1. The summed E-state index contributed by atoms with van der Waals surface area (Å²) in [6, 6.07) is 3.38. The zero-order chi connectivity index (χ0) is 13.5. The van der Waals surface area contributed by atoms with Crippen LogP contribution in [-0.4, -0.2) is 11.5 Å². The topological polar surface area (TPSA) is 55.2 Å². The number of anilines is 1. The van der Waals surface area contributed by atoms with Gasteiger partial charge in [-0.2, -0.15) is 0 Å². The molecule has 0 unspecified atom stereocenters. The Morgan fingerprint density at radius 3 is 2.67 bits per heavy atom. The van der Waals surface area contributed by atoms with E-state index in [4.69, 9.17) is 0 Å². The minimum absolute atomic E-state index is 0.151. The van der Waals surface area contributed by atoms with Crippen LogP contribution in [0.3, 0.4) is 0 Å². The van der Waals surface area contributed by atoms with E-state index in [1.807, 2.05) is 6.07 Å². The molecule has 0 aliphatic heterocycles. The first-order chi connectivity index (χ1) is 8.56. The van der Waals surface area contributed by atoms with Crippen molar-refractivity contribution in [1.82, 2.24) is 0 Å². The summed E-state index contributed by atoms with van der Waals surface area (Å²) < 4.78 is 0.746. The number of nitro groups is 1. The summed E-state index contributed by atoms with van der Waals surface area (Å²) in [6.07, 6.45) is 4.81. The third kappa shape index (κ3) is 4.29. The Morgan fingerprint density at radius 1 is 1.33 bits per heavy atom. The number of nitrogens with one attached hydrogen (secondary N) is 1. The van der Waals surface area contributed by atoms with Gasteiger partial charge in [0.15, 0.2) is 0 Å². The zero-order valence-electron chi connectivity index (χ0n) is 10.8. The Balaban J connectivity index is 2.62. The van der Waals surface area contributed by atoms with Crippen LogP contribution in [0, 0.1) is 17.0 Å². The van der Waals surface area contributed by atoms with E-state index in [-0.39, 0.29) is 10.6 Å². The number of halogens is 1. The van der Waals surface area contributed by atoms with Crippen LogP contribution in [0.1, 0.15) is 38.2 Å². The minimum Gasteiger partial charge on any atom is -0.384 e. The lowest BCUT2D eigenvalue weighted by Gasteiger charge is -2.09. The third-order valence-corrected chi connectivity index (χ3v) is 3.48. The number of nitro benzene ring substituents is 1. The Labute approximate surface area is 116 Å². The van der Waals surface area contributed by atoms with Gasteiger partial charge in [0.2, 0.25) is 0 Å². The highest BCUT2D eigenvalue weighted by Crippen LogP contribution is 2.30. The standard InChI is InChI=1S/C13H19BrN2O2/c1-3-4-5-6-7-15-12-8-10(2)13(16(17)18)9-11(12)14/h8-9,15H,3-7H2,1-2H3. The molecule has 18 heavy (non-hydrogen) atoms. The van der Waals surface area contributed by atoms with Crippen molar-refractivity contribution >= 4 is 27.3 Å². The average Bonchev–Trinajstić information content (AvgIpc) is 2.32. The van der Waals surface area contributed by atoms with Crippen LogP contribution in [-0.2, 0) is 0 Å². The Morgan fingerprint density at radius 2 is 2.06 bits per heavy atom. The maximum absolute atomic E-state index is 10.8.